The van der Waals surface area contributed by atoms with Crippen molar-refractivity contribution in [3.05, 3.63) is 71.9 Å². The van der Waals surface area contributed by atoms with Crippen LogP contribution in [0.2, 0.25) is 0 Å². The van der Waals surface area contributed by atoms with Gasteiger partial charge in [0.25, 0.3) is 5.91 Å². The summed E-state index contributed by atoms with van der Waals surface area (Å²) in [5, 5.41) is 2.78. The fraction of sp³-hybridized carbons (Fsp3) is 0.238. The lowest BCUT2D eigenvalue weighted by atomic mass is 10.1. The Morgan fingerprint density at radius 2 is 1.64 bits per heavy atom. The number of hydrogen-bond acceptors (Lipinski definition) is 5. The maximum atomic E-state index is 12.3. The van der Waals surface area contributed by atoms with E-state index in [1.807, 2.05) is 73.6 Å². The lowest BCUT2D eigenvalue weighted by molar-refractivity contribution is -0.132. The predicted molar refractivity (Wildman–Crippen MR) is 111 cm³/mol. The minimum absolute atomic E-state index is 0.303. The first-order valence-electron chi connectivity index (χ1n) is 8.81. The van der Waals surface area contributed by atoms with Crippen LogP contribution in [0.25, 0.3) is 0 Å². The summed E-state index contributed by atoms with van der Waals surface area (Å²) < 4.78 is 5.26. The minimum atomic E-state index is -0.745. The average Bonchev–Trinajstić information content (AvgIpc) is 2.68. The first kappa shape index (κ1) is 21.0. The molecule has 2 aromatic carbocycles. The highest BCUT2D eigenvalue weighted by Crippen LogP contribution is 2.16. The molecule has 148 valence electrons. The van der Waals surface area contributed by atoms with E-state index in [4.69, 9.17) is 4.74 Å². The van der Waals surface area contributed by atoms with Crippen molar-refractivity contribution in [3.63, 3.8) is 0 Å². The Kier molecular flexibility index (Phi) is 7.59. The molecule has 28 heavy (non-hydrogen) atoms. The summed E-state index contributed by atoms with van der Waals surface area (Å²) >= 11 is 0. The fourth-order valence-corrected chi connectivity index (χ4v) is 2.50. The molecular weight excluding hydrogens is 356 g/mol. The highest BCUT2D eigenvalue weighted by molar-refractivity contribution is 5.99. The fourth-order valence-electron chi connectivity index (χ4n) is 2.50. The molecule has 0 spiro atoms. The SMILES string of the molecule is CO[C@@H](C(=O)NN/C(C)=C/C(=O)Nc1ccc(N(C)C)cc1)c1ccccc1. The Bertz CT molecular complexity index is 817. The number of rotatable bonds is 8. The van der Waals surface area contributed by atoms with Crippen LogP contribution in [0.15, 0.2) is 66.4 Å². The van der Waals surface area contributed by atoms with Gasteiger partial charge in [-0.05, 0) is 36.8 Å². The molecule has 2 amide bonds. The summed E-state index contributed by atoms with van der Waals surface area (Å²) in [6, 6.07) is 16.6. The van der Waals surface area contributed by atoms with Crippen LogP contribution in [0.1, 0.15) is 18.6 Å². The van der Waals surface area contributed by atoms with Crippen molar-refractivity contribution in [1.82, 2.24) is 10.9 Å². The molecule has 0 unspecified atom stereocenters. The Morgan fingerprint density at radius 3 is 2.21 bits per heavy atom. The van der Waals surface area contributed by atoms with Gasteiger partial charge in [-0.1, -0.05) is 30.3 Å². The molecule has 7 nitrogen and oxygen atoms in total. The molecule has 2 rings (SSSR count). The van der Waals surface area contributed by atoms with Crippen LogP contribution in [0.3, 0.4) is 0 Å². The standard InChI is InChI=1S/C21H26N4O3/c1-15(14-19(26)22-17-10-12-18(13-11-17)25(2)3)23-24-21(27)20(28-4)16-8-6-5-7-9-16/h5-14,20,23H,1-4H3,(H,22,26)(H,24,27)/b15-14+/t20-/m1/s1. The van der Waals surface area contributed by atoms with Crippen LogP contribution in [0, 0.1) is 0 Å². The minimum Gasteiger partial charge on any atom is -0.378 e. The maximum Gasteiger partial charge on any atom is 0.272 e. The number of nitrogens with one attached hydrogen (secondary N) is 3. The van der Waals surface area contributed by atoms with E-state index >= 15 is 0 Å². The topological polar surface area (TPSA) is 82.7 Å². The smallest absolute Gasteiger partial charge is 0.272 e. The number of benzene rings is 2. The van der Waals surface area contributed by atoms with Crippen molar-refractivity contribution in [2.45, 2.75) is 13.0 Å². The molecule has 0 saturated carbocycles. The van der Waals surface area contributed by atoms with Crippen LogP contribution in [-0.2, 0) is 14.3 Å². The van der Waals surface area contributed by atoms with Crippen LogP contribution in [0.5, 0.6) is 0 Å². The van der Waals surface area contributed by atoms with Gasteiger partial charge in [0.1, 0.15) is 0 Å². The van der Waals surface area contributed by atoms with Gasteiger partial charge >= 0.3 is 0 Å². The van der Waals surface area contributed by atoms with Crippen LogP contribution < -0.4 is 21.1 Å². The molecule has 1 atom stereocenters. The van der Waals surface area contributed by atoms with E-state index in [1.165, 1.54) is 13.2 Å². The van der Waals surface area contributed by atoms with E-state index in [0.29, 0.717) is 11.4 Å². The van der Waals surface area contributed by atoms with Crippen molar-refractivity contribution in [1.29, 1.82) is 0 Å². The van der Waals surface area contributed by atoms with Gasteiger partial charge in [0, 0.05) is 44.4 Å². The zero-order valence-electron chi connectivity index (χ0n) is 16.5. The van der Waals surface area contributed by atoms with E-state index in [9.17, 15) is 9.59 Å². The third kappa shape index (κ3) is 6.14. The van der Waals surface area contributed by atoms with Crippen LogP contribution >= 0.6 is 0 Å². The number of hydrogen-bond donors (Lipinski definition) is 3. The first-order valence-corrected chi connectivity index (χ1v) is 8.81. The van der Waals surface area contributed by atoms with Gasteiger partial charge in [-0.2, -0.15) is 0 Å². The largest absolute Gasteiger partial charge is 0.378 e. The number of allylic oxidation sites excluding steroid dienone is 1. The molecule has 2 aromatic rings. The molecule has 0 aliphatic rings. The van der Waals surface area contributed by atoms with Crippen molar-refractivity contribution >= 4 is 23.2 Å². The predicted octanol–water partition coefficient (Wildman–Crippen LogP) is 2.60. The highest BCUT2D eigenvalue weighted by Gasteiger charge is 2.19. The summed E-state index contributed by atoms with van der Waals surface area (Å²) in [6.07, 6.45) is 0.621. The van der Waals surface area contributed by atoms with Gasteiger partial charge in [0.2, 0.25) is 5.91 Å². The van der Waals surface area contributed by atoms with E-state index < -0.39 is 6.10 Å². The monoisotopic (exact) mass is 382 g/mol. The molecule has 7 heteroatoms. The second-order valence-electron chi connectivity index (χ2n) is 6.40. The van der Waals surface area contributed by atoms with E-state index in [2.05, 4.69) is 16.2 Å². The quantitative estimate of drug-likeness (QED) is 0.483. The Balaban J connectivity index is 1.88. The number of nitrogens with zero attached hydrogens (tertiary/aromatic N) is 1. The van der Waals surface area contributed by atoms with Gasteiger partial charge in [-0.3, -0.25) is 15.0 Å². The number of methoxy groups -OCH3 is 1. The van der Waals surface area contributed by atoms with E-state index in [0.717, 1.165) is 11.3 Å². The number of hydrazine groups is 1. The molecule has 0 heterocycles. The summed E-state index contributed by atoms with van der Waals surface area (Å²) in [4.78, 5) is 26.4. The zero-order valence-corrected chi connectivity index (χ0v) is 16.5. The molecule has 0 radical (unpaired) electrons. The lowest BCUT2D eigenvalue weighted by Crippen LogP contribution is -2.40. The Hall–Kier alpha value is -3.32. The van der Waals surface area contributed by atoms with Crippen molar-refractivity contribution < 1.29 is 14.3 Å². The first-order chi connectivity index (χ1) is 13.4. The number of amides is 2. The molecule has 0 aromatic heterocycles. The molecule has 0 aliphatic heterocycles. The number of ether oxygens (including phenoxy) is 1. The third-order valence-electron chi connectivity index (χ3n) is 3.96. The summed E-state index contributed by atoms with van der Waals surface area (Å²) in [5.41, 5.74) is 8.23. The molecule has 0 bridgehead atoms. The summed E-state index contributed by atoms with van der Waals surface area (Å²) in [5.74, 6) is -0.663. The van der Waals surface area contributed by atoms with Crippen LogP contribution in [-0.4, -0.2) is 33.0 Å². The van der Waals surface area contributed by atoms with Crippen molar-refractivity contribution in [2.24, 2.45) is 0 Å². The maximum absolute atomic E-state index is 12.3. The number of carbonyl (C=O) groups excluding carboxylic acids is 2. The van der Waals surface area contributed by atoms with Gasteiger partial charge in [-0.25, -0.2) is 0 Å². The molecule has 0 fully saturated rings. The van der Waals surface area contributed by atoms with Gasteiger partial charge in [0.05, 0.1) is 0 Å². The normalized spacial score (nSPS) is 12.1. The molecule has 3 N–H and O–H groups in total. The zero-order chi connectivity index (χ0) is 20.5. The summed E-state index contributed by atoms with van der Waals surface area (Å²) in [6.45, 7) is 1.68. The Labute approximate surface area is 165 Å². The second kappa shape index (κ2) is 10.1. The third-order valence-corrected chi connectivity index (χ3v) is 3.96. The molecule has 0 aliphatic carbocycles. The van der Waals surface area contributed by atoms with Gasteiger partial charge in [0.15, 0.2) is 6.10 Å². The molecule has 0 saturated heterocycles. The average molecular weight is 382 g/mol. The van der Waals surface area contributed by atoms with Crippen molar-refractivity contribution in [3.8, 4) is 0 Å². The lowest BCUT2D eigenvalue weighted by Gasteiger charge is -2.16. The highest BCUT2D eigenvalue weighted by atomic mass is 16.5. The second-order valence-corrected chi connectivity index (χ2v) is 6.40. The van der Waals surface area contributed by atoms with Gasteiger partial charge < -0.3 is 20.4 Å². The molecular formula is C21H26N4O3. The van der Waals surface area contributed by atoms with E-state index in [1.54, 1.807) is 6.92 Å². The van der Waals surface area contributed by atoms with Crippen molar-refractivity contribution in [2.75, 3.05) is 31.4 Å². The van der Waals surface area contributed by atoms with Crippen LogP contribution in [0.4, 0.5) is 11.4 Å². The summed E-state index contributed by atoms with van der Waals surface area (Å²) in [7, 11) is 5.37. The number of anilines is 2. The number of carbonyl (C=O) groups is 2. The van der Waals surface area contributed by atoms with Gasteiger partial charge in [-0.15, -0.1) is 0 Å². The van der Waals surface area contributed by atoms with E-state index in [-0.39, 0.29) is 11.8 Å². The Morgan fingerprint density at radius 1 is 1.00 bits per heavy atom.